The Labute approximate surface area is 133 Å². The highest BCUT2D eigenvalue weighted by Gasteiger charge is 2.41. The lowest BCUT2D eigenvalue weighted by molar-refractivity contribution is 0.619. The van der Waals surface area contributed by atoms with E-state index in [0.717, 1.165) is 16.9 Å². The van der Waals surface area contributed by atoms with Gasteiger partial charge in [-0.1, -0.05) is 18.2 Å². The van der Waals surface area contributed by atoms with Crippen molar-refractivity contribution in [3.63, 3.8) is 0 Å². The van der Waals surface area contributed by atoms with E-state index < -0.39 is 0 Å². The fourth-order valence-corrected chi connectivity index (χ4v) is 4.28. The number of hydrogen-bond donors (Lipinski definition) is 2. The molecule has 23 heavy (non-hydrogen) atoms. The van der Waals surface area contributed by atoms with Crippen LogP contribution in [0.5, 0.6) is 0 Å². The molecular formula is C20H15FN2. The van der Waals surface area contributed by atoms with Crippen LogP contribution in [0.1, 0.15) is 45.2 Å². The lowest BCUT2D eigenvalue weighted by Crippen LogP contribution is -2.28. The fraction of sp³-hybridized carbons (Fsp3) is 0.100. The molecule has 0 amide bonds. The Balaban J connectivity index is 1.90. The van der Waals surface area contributed by atoms with E-state index >= 15 is 0 Å². The summed E-state index contributed by atoms with van der Waals surface area (Å²) >= 11 is 0. The van der Waals surface area contributed by atoms with Crippen molar-refractivity contribution in [2.45, 2.75) is 11.8 Å². The van der Waals surface area contributed by atoms with Crippen LogP contribution in [-0.2, 0) is 0 Å². The molecule has 0 saturated carbocycles. The molecule has 112 valence electrons. The molecule has 2 bridgehead atoms. The zero-order valence-corrected chi connectivity index (χ0v) is 12.4. The van der Waals surface area contributed by atoms with Gasteiger partial charge in [-0.05, 0) is 69.8 Å². The third kappa shape index (κ3) is 1.57. The molecule has 3 aliphatic carbocycles. The summed E-state index contributed by atoms with van der Waals surface area (Å²) in [4.78, 5) is 0. The monoisotopic (exact) mass is 302 g/mol. The molecule has 3 heteroatoms. The molecule has 3 aromatic carbocycles. The van der Waals surface area contributed by atoms with Crippen molar-refractivity contribution in [3.8, 4) is 0 Å². The zero-order chi connectivity index (χ0) is 15.7. The highest BCUT2D eigenvalue weighted by Crippen LogP contribution is 2.56. The third-order valence-electron chi connectivity index (χ3n) is 5.14. The molecular weight excluding hydrogens is 287 g/mol. The summed E-state index contributed by atoms with van der Waals surface area (Å²) in [6.45, 7) is 0. The van der Waals surface area contributed by atoms with Crippen LogP contribution in [0.2, 0.25) is 0 Å². The van der Waals surface area contributed by atoms with Gasteiger partial charge in [-0.25, -0.2) is 4.39 Å². The van der Waals surface area contributed by atoms with Gasteiger partial charge in [0.25, 0.3) is 0 Å². The highest BCUT2D eigenvalue weighted by molar-refractivity contribution is 5.71. The van der Waals surface area contributed by atoms with Gasteiger partial charge in [0, 0.05) is 23.2 Å². The first-order valence-electron chi connectivity index (χ1n) is 7.71. The number of nitrogen functional groups attached to an aromatic ring is 2. The average molecular weight is 302 g/mol. The van der Waals surface area contributed by atoms with E-state index in [1.165, 1.54) is 27.8 Å². The first-order chi connectivity index (χ1) is 11.1. The van der Waals surface area contributed by atoms with Crippen LogP contribution in [-0.4, -0.2) is 0 Å². The van der Waals surface area contributed by atoms with Gasteiger partial charge in [-0.15, -0.1) is 0 Å². The quantitative estimate of drug-likeness (QED) is 0.425. The second-order valence-corrected chi connectivity index (χ2v) is 6.42. The van der Waals surface area contributed by atoms with Crippen LogP contribution in [0.4, 0.5) is 15.8 Å². The Bertz CT molecular complexity index is 850. The Morgan fingerprint density at radius 2 is 1.00 bits per heavy atom. The molecule has 3 aliphatic rings. The zero-order valence-electron chi connectivity index (χ0n) is 12.4. The molecule has 0 heterocycles. The van der Waals surface area contributed by atoms with Crippen LogP contribution < -0.4 is 11.5 Å². The Morgan fingerprint density at radius 3 is 1.57 bits per heavy atom. The van der Waals surface area contributed by atoms with E-state index in [1.807, 2.05) is 30.3 Å². The summed E-state index contributed by atoms with van der Waals surface area (Å²) < 4.78 is 13.9. The molecule has 0 spiro atoms. The van der Waals surface area contributed by atoms with Crippen LogP contribution in [0, 0.1) is 5.82 Å². The van der Waals surface area contributed by atoms with Crippen molar-refractivity contribution < 1.29 is 4.39 Å². The molecule has 0 aromatic heterocycles. The predicted molar refractivity (Wildman–Crippen MR) is 90.0 cm³/mol. The average Bonchev–Trinajstić information content (AvgIpc) is 2.53. The van der Waals surface area contributed by atoms with Crippen molar-refractivity contribution in [2.75, 3.05) is 11.5 Å². The summed E-state index contributed by atoms with van der Waals surface area (Å²) in [6.07, 6.45) is 0. The van der Waals surface area contributed by atoms with Gasteiger partial charge >= 0.3 is 0 Å². The summed E-state index contributed by atoms with van der Waals surface area (Å²) in [5.74, 6) is -0.0725. The minimum Gasteiger partial charge on any atom is -0.399 e. The van der Waals surface area contributed by atoms with E-state index in [0.29, 0.717) is 0 Å². The molecule has 0 aliphatic heterocycles. The largest absolute Gasteiger partial charge is 0.399 e. The Morgan fingerprint density at radius 1 is 0.565 bits per heavy atom. The van der Waals surface area contributed by atoms with Gasteiger partial charge in [0.05, 0.1) is 0 Å². The number of benzene rings is 3. The van der Waals surface area contributed by atoms with Gasteiger partial charge in [-0.3, -0.25) is 0 Å². The van der Waals surface area contributed by atoms with Gasteiger partial charge in [0.15, 0.2) is 0 Å². The number of rotatable bonds is 0. The molecule has 0 unspecified atom stereocenters. The van der Waals surface area contributed by atoms with Crippen molar-refractivity contribution in [1.82, 2.24) is 0 Å². The number of halogens is 1. The van der Waals surface area contributed by atoms with Crippen LogP contribution in [0.15, 0.2) is 54.6 Å². The summed E-state index contributed by atoms with van der Waals surface area (Å²) in [5.41, 5.74) is 20.6. The smallest absolute Gasteiger partial charge is 0.123 e. The molecule has 6 rings (SSSR count). The number of nitrogens with two attached hydrogens (primary N) is 2. The van der Waals surface area contributed by atoms with E-state index in [4.69, 9.17) is 11.5 Å². The van der Waals surface area contributed by atoms with Gasteiger partial charge in [0.1, 0.15) is 5.82 Å². The molecule has 0 atom stereocenters. The topological polar surface area (TPSA) is 52.0 Å². The first-order valence-corrected chi connectivity index (χ1v) is 7.71. The SMILES string of the molecule is Nc1ccc2c(c1)C1c3cc(N)ccc3C2c2ccc(F)cc21. The van der Waals surface area contributed by atoms with Crippen molar-refractivity contribution in [1.29, 1.82) is 0 Å². The lowest BCUT2D eigenvalue weighted by atomic mass is 9.61. The molecule has 3 aromatic rings. The molecule has 0 radical (unpaired) electrons. The number of hydrogen-bond acceptors (Lipinski definition) is 2. The predicted octanol–water partition coefficient (Wildman–Crippen LogP) is 3.98. The summed E-state index contributed by atoms with van der Waals surface area (Å²) in [7, 11) is 0. The molecule has 0 saturated heterocycles. The maximum Gasteiger partial charge on any atom is 0.123 e. The minimum atomic E-state index is -0.202. The molecule has 2 nitrogen and oxygen atoms in total. The Kier molecular flexibility index (Phi) is 2.28. The summed E-state index contributed by atoms with van der Waals surface area (Å²) in [5, 5.41) is 0. The lowest BCUT2D eigenvalue weighted by Gasteiger charge is -2.42. The van der Waals surface area contributed by atoms with E-state index in [2.05, 4.69) is 12.1 Å². The van der Waals surface area contributed by atoms with Gasteiger partial charge in [-0.2, -0.15) is 0 Å². The standard InChI is InChI=1S/C20H15FN2/c21-10-1-4-13-16(7-10)20-17-8-11(22)2-5-14(17)19(13)15-6-3-12(23)9-18(15)20/h1-9,19-20H,22-23H2. The third-order valence-corrected chi connectivity index (χ3v) is 5.14. The normalized spacial score (nSPS) is 19.9. The van der Waals surface area contributed by atoms with Crippen LogP contribution >= 0.6 is 0 Å². The minimum absolute atomic E-state index is 0.00250. The summed E-state index contributed by atoms with van der Waals surface area (Å²) in [6, 6.07) is 17.3. The van der Waals surface area contributed by atoms with Gasteiger partial charge in [0.2, 0.25) is 0 Å². The van der Waals surface area contributed by atoms with Gasteiger partial charge < -0.3 is 11.5 Å². The van der Waals surface area contributed by atoms with E-state index in [-0.39, 0.29) is 17.7 Å². The maximum absolute atomic E-state index is 13.9. The van der Waals surface area contributed by atoms with Crippen LogP contribution in [0.3, 0.4) is 0 Å². The number of anilines is 2. The van der Waals surface area contributed by atoms with Crippen molar-refractivity contribution >= 4 is 11.4 Å². The second kappa shape index (κ2) is 4.13. The van der Waals surface area contributed by atoms with E-state index in [1.54, 1.807) is 12.1 Å². The molecule has 0 fully saturated rings. The molecule has 4 N–H and O–H groups in total. The maximum atomic E-state index is 13.9. The fourth-order valence-electron chi connectivity index (χ4n) is 4.28. The second-order valence-electron chi connectivity index (χ2n) is 6.42. The van der Waals surface area contributed by atoms with Crippen molar-refractivity contribution in [3.05, 3.63) is 93.8 Å². The Hall–Kier alpha value is -2.81. The first kappa shape index (κ1) is 12.7. The highest BCUT2D eigenvalue weighted by atomic mass is 19.1. The van der Waals surface area contributed by atoms with E-state index in [9.17, 15) is 4.39 Å². The van der Waals surface area contributed by atoms with Crippen LogP contribution in [0.25, 0.3) is 0 Å². The van der Waals surface area contributed by atoms with Crippen molar-refractivity contribution in [2.24, 2.45) is 0 Å².